The first-order valence-electron chi connectivity index (χ1n) is 7.52. The van der Waals surface area contributed by atoms with Gasteiger partial charge in [0, 0.05) is 0 Å². The van der Waals surface area contributed by atoms with E-state index in [0.29, 0.717) is 13.2 Å². The average Bonchev–Trinajstić information content (AvgIpc) is 2.54. The van der Waals surface area contributed by atoms with Crippen LogP contribution in [0.2, 0.25) is 0 Å². The number of rotatable bonds is 5. The molecule has 0 saturated carbocycles. The van der Waals surface area contributed by atoms with E-state index in [-0.39, 0.29) is 6.04 Å². The Hall–Kier alpha value is -2.00. The van der Waals surface area contributed by atoms with Crippen LogP contribution in [0.15, 0.2) is 48.5 Å². The summed E-state index contributed by atoms with van der Waals surface area (Å²) in [6, 6.07) is 16.7. The Bertz CT molecular complexity index is 597. The van der Waals surface area contributed by atoms with Gasteiger partial charge in [0.2, 0.25) is 0 Å². The Kier molecular flexibility index (Phi) is 4.41. The maximum Gasteiger partial charge on any atom is 0.142 e. The highest BCUT2D eigenvalue weighted by Crippen LogP contribution is 2.32. The van der Waals surface area contributed by atoms with Crippen LogP contribution in [0.5, 0.6) is 5.75 Å². The highest BCUT2D eigenvalue weighted by Gasteiger charge is 2.21. The summed E-state index contributed by atoms with van der Waals surface area (Å²) in [4.78, 5) is 0. The standard InChI is InChI=1S/C18H21NO2/c1-2-11-21-18-10-6-5-9-16(18)19-17-13-20-12-14-7-3-4-8-15(14)17/h3-10,17,19H,2,11-13H2,1H3. The molecule has 1 unspecified atom stereocenters. The summed E-state index contributed by atoms with van der Waals surface area (Å²) in [6.07, 6.45) is 1.00. The second kappa shape index (κ2) is 6.64. The van der Waals surface area contributed by atoms with Crippen LogP contribution < -0.4 is 10.1 Å². The van der Waals surface area contributed by atoms with E-state index < -0.39 is 0 Å². The van der Waals surface area contributed by atoms with Crippen molar-refractivity contribution >= 4 is 5.69 Å². The van der Waals surface area contributed by atoms with Gasteiger partial charge in [0.15, 0.2) is 0 Å². The van der Waals surface area contributed by atoms with E-state index in [1.165, 1.54) is 11.1 Å². The van der Waals surface area contributed by atoms with Gasteiger partial charge in [0.1, 0.15) is 5.75 Å². The van der Waals surface area contributed by atoms with Gasteiger partial charge >= 0.3 is 0 Å². The van der Waals surface area contributed by atoms with Crippen molar-refractivity contribution < 1.29 is 9.47 Å². The molecule has 3 rings (SSSR count). The first kappa shape index (κ1) is 14.0. The van der Waals surface area contributed by atoms with Gasteiger partial charge in [-0.3, -0.25) is 0 Å². The van der Waals surface area contributed by atoms with E-state index in [9.17, 15) is 0 Å². The first-order valence-corrected chi connectivity index (χ1v) is 7.52. The Morgan fingerprint density at radius 3 is 2.86 bits per heavy atom. The number of ether oxygens (including phenoxy) is 2. The fraction of sp³-hybridized carbons (Fsp3) is 0.333. The minimum Gasteiger partial charge on any atom is -0.491 e. The average molecular weight is 283 g/mol. The summed E-state index contributed by atoms with van der Waals surface area (Å²) in [5.41, 5.74) is 3.60. The lowest BCUT2D eigenvalue weighted by atomic mass is 9.99. The lowest BCUT2D eigenvalue weighted by Crippen LogP contribution is -2.23. The maximum atomic E-state index is 5.81. The van der Waals surface area contributed by atoms with Gasteiger partial charge in [-0.05, 0) is 29.7 Å². The Morgan fingerprint density at radius 1 is 1.14 bits per heavy atom. The number of benzene rings is 2. The summed E-state index contributed by atoms with van der Waals surface area (Å²) in [7, 11) is 0. The number of hydrogen-bond acceptors (Lipinski definition) is 3. The van der Waals surface area contributed by atoms with Gasteiger partial charge in [-0.25, -0.2) is 0 Å². The molecule has 0 aliphatic carbocycles. The van der Waals surface area contributed by atoms with Gasteiger partial charge in [-0.1, -0.05) is 43.3 Å². The fourth-order valence-electron chi connectivity index (χ4n) is 2.61. The lowest BCUT2D eigenvalue weighted by molar-refractivity contribution is 0.0969. The van der Waals surface area contributed by atoms with Crippen LogP contribution in [0.4, 0.5) is 5.69 Å². The van der Waals surface area contributed by atoms with Crippen LogP contribution in [-0.4, -0.2) is 13.2 Å². The molecule has 1 N–H and O–H groups in total. The maximum absolute atomic E-state index is 5.81. The molecule has 1 aliphatic heterocycles. The molecule has 0 radical (unpaired) electrons. The molecule has 1 heterocycles. The van der Waals surface area contributed by atoms with Crippen molar-refractivity contribution in [3.63, 3.8) is 0 Å². The zero-order valence-electron chi connectivity index (χ0n) is 12.3. The molecule has 110 valence electrons. The molecule has 0 bridgehead atoms. The zero-order chi connectivity index (χ0) is 14.5. The molecule has 0 aromatic heterocycles. The molecule has 3 heteroatoms. The van der Waals surface area contributed by atoms with Gasteiger partial charge in [-0.15, -0.1) is 0 Å². The van der Waals surface area contributed by atoms with Crippen molar-refractivity contribution in [1.29, 1.82) is 0 Å². The van der Waals surface area contributed by atoms with Crippen molar-refractivity contribution in [2.45, 2.75) is 26.0 Å². The van der Waals surface area contributed by atoms with Crippen molar-refractivity contribution in [1.82, 2.24) is 0 Å². The van der Waals surface area contributed by atoms with Gasteiger partial charge in [0.05, 0.1) is 31.5 Å². The largest absolute Gasteiger partial charge is 0.491 e. The number of fused-ring (bicyclic) bond motifs is 1. The Balaban J connectivity index is 1.81. The van der Waals surface area contributed by atoms with E-state index in [0.717, 1.165) is 24.5 Å². The molecule has 0 spiro atoms. The molecule has 3 nitrogen and oxygen atoms in total. The van der Waals surface area contributed by atoms with Gasteiger partial charge in [-0.2, -0.15) is 0 Å². The monoisotopic (exact) mass is 283 g/mol. The minimum atomic E-state index is 0.168. The normalized spacial score (nSPS) is 17.1. The SMILES string of the molecule is CCCOc1ccccc1NC1COCc2ccccc21. The number of anilines is 1. The quantitative estimate of drug-likeness (QED) is 0.893. The van der Waals surface area contributed by atoms with Crippen LogP contribution in [-0.2, 0) is 11.3 Å². The summed E-state index contributed by atoms with van der Waals surface area (Å²) >= 11 is 0. The van der Waals surface area contributed by atoms with E-state index in [4.69, 9.17) is 9.47 Å². The van der Waals surface area contributed by atoms with Gasteiger partial charge in [0.25, 0.3) is 0 Å². The van der Waals surface area contributed by atoms with Crippen molar-refractivity contribution in [3.05, 3.63) is 59.7 Å². The molecular weight excluding hydrogens is 262 g/mol. The molecule has 0 fully saturated rings. The van der Waals surface area contributed by atoms with Crippen LogP contribution in [0.3, 0.4) is 0 Å². The smallest absolute Gasteiger partial charge is 0.142 e. The second-order valence-corrected chi connectivity index (χ2v) is 5.26. The number of nitrogens with one attached hydrogen (secondary N) is 1. The van der Waals surface area contributed by atoms with E-state index in [1.54, 1.807) is 0 Å². The van der Waals surface area contributed by atoms with Crippen molar-refractivity contribution in [2.75, 3.05) is 18.5 Å². The summed E-state index contributed by atoms with van der Waals surface area (Å²) in [6.45, 7) is 4.22. The predicted molar refractivity (Wildman–Crippen MR) is 84.7 cm³/mol. The lowest BCUT2D eigenvalue weighted by Gasteiger charge is -2.28. The molecule has 2 aromatic carbocycles. The fourth-order valence-corrected chi connectivity index (χ4v) is 2.61. The predicted octanol–water partition coefficient (Wildman–Crippen LogP) is 4.16. The van der Waals surface area contributed by atoms with E-state index in [1.807, 2.05) is 18.2 Å². The van der Waals surface area contributed by atoms with E-state index >= 15 is 0 Å². The van der Waals surface area contributed by atoms with Crippen LogP contribution in [0.1, 0.15) is 30.5 Å². The summed E-state index contributed by atoms with van der Waals surface area (Å²) < 4.78 is 11.5. The highest BCUT2D eigenvalue weighted by atomic mass is 16.5. The Labute approximate surface area is 125 Å². The molecule has 0 saturated heterocycles. The molecule has 1 aliphatic rings. The van der Waals surface area contributed by atoms with Crippen LogP contribution in [0, 0.1) is 0 Å². The third-order valence-corrected chi connectivity index (χ3v) is 3.65. The van der Waals surface area contributed by atoms with Crippen LogP contribution >= 0.6 is 0 Å². The van der Waals surface area contributed by atoms with Gasteiger partial charge < -0.3 is 14.8 Å². The van der Waals surface area contributed by atoms with Crippen molar-refractivity contribution in [3.8, 4) is 5.75 Å². The minimum absolute atomic E-state index is 0.168. The molecule has 2 aromatic rings. The zero-order valence-corrected chi connectivity index (χ0v) is 12.3. The summed E-state index contributed by atoms with van der Waals surface area (Å²) in [5, 5.41) is 3.56. The molecular formula is C18H21NO2. The topological polar surface area (TPSA) is 30.5 Å². The van der Waals surface area contributed by atoms with E-state index in [2.05, 4.69) is 42.6 Å². The highest BCUT2D eigenvalue weighted by molar-refractivity contribution is 5.58. The molecule has 0 amide bonds. The second-order valence-electron chi connectivity index (χ2n) is 5.26. The number of para-hydroxylation sites is 2. The molecule has 1 atom stereocenters. The third kappa shape index (κ3) is 3.19. The Morgan fingerprint density at radius 2 is 1.95 bits per heavy atom. The van der Waals surface area contributed by atoms with Crippen LogP contribution in [0.25, 0.3) is 0 Å². The van der Waals surface area contributed by atoms with Crippen molar-refractivity contribution in [2.24, 2.45) is 0 Å². The molecule has 21 heavy (non-hydrogen) atoms. The summed E-state index contributed by atoms with van der Waals surface area (Å²) in [5.74, 6) is 0.905. The third-order valence-electron chi connectivity index (χ3n) is 3.65. The number of hydrogen-bond donors (Lipinski definition) is 1. The first-order chi connectivity index (χ1) is 10.4.